The molecule has 1 aromatic heterocycles. The fourth-order valence-corrected chi connectivity index (χ4v) is 2.60. The molecule has 0 saturated carbocycles. The number of hydrogen-bond donors (Lipinski definition) is 1. The van der Waals surface area contributed by atoms with Crippen molar-refractivity contribution in [3.05, 3.63) is 21.4 Å². The summed E-state index contributed by atoms with van der Waals surface area (Å²) >= 11 is 1.46. The van der Waals surface area contributed by atoms with E-state index >= 15 is 0 Å². The van der Waals surface area contributed by atoms with Gasteiger partial charge in [0.25, 0.3) is 5.91 Å². The summed E-state index contributed by atoms with van der Waals surface area (Å²) in [5.74, 6) is -1.50. The zero-order valence-corrected chi connectivity index (χ0v) is 12.0. The van der Waals surface area contributed by atoms with Crippen LogP contribution in [0.1, 0.15) is 34.0 Å². The normalized spacial score (nSPS) is 12.2. The minimum atomic E-state index is -0.875. The highest BCUT2D eigenvalue weighted by Gasteiger charge is 2.21. The predicted molar refractivity (Wildman–Crippen MR) is 72.2 cm³/mol. The van der Waals surface area contributed by atoms with Gasteiger partial charge in [-0.2, -0.15) is 0 Å². The standard InChI is InChI=1S/C13H19NO3S/c1-5-14(7-9(3)13(16)17)12(15)11-6-8(2)10(4)18-11/h6,9H,5,7H2,1-4H3,(H,16,17). The van der Waals surface area contributed by atoms with E-state index in [1.807, 2.05) is 26.8 Å². The number of carboxylic acids is 1. The number of aliphatic carboxylic acids is 1. The fraction of sp³-hybridized carbons (Fsp3) is 0.538. The molecule has 0 aliphatic carbocycles. The van der Waals surface area contributed by atoms with Crippen LogP contribution in [0.4, 0.5) is 0 Å². The zero-order valence-electron chi connectivity index (χ0n) is 11.2. The summed E-state index contributed by atoms with van der Waals surface area (Å²) in [5, 5.41) is 8.89. The molecule has 0 radical (unpaired) electrons. The molecule has 1 unspecified atom stereocenters. The Bertz CT molecular complexity index is 434. The molecule has 0 aliphatic heterocycles. The highest BCUT2D eigenvalue weighted by atomic mass is 32.1. The van der Waals surface area contributed by atoms with Crippen molar-refractivity contribution in [1.29, 1.82) is 0 Å². The number of carboxylic acid groups (broad SMARTS) is 1. The summed E-state index contributed by atoms with van der Waals surface area (Å²) in [6, 6.07) is 1.87. The first-order valence-electron chi connectivity index (χ1n) is 5.95. The van der Waals surface area contributed by atoms with Crippen LogP contribution in [-0.2, 0) is 4.79 Å². The number of carbonyl (C=O) groups excluding carboxylic acids is 1. The number of carbonyl (C=O) groups is 2. The van der Waals surface area contributed by atoms with Crippen LogP contribution in [0.5, 0.6) is 0 Å². The number of nitrogens with zero attached hydrogens (tertiary/aromatic N) is 1. The van der Waals surface area contributed by atoms with Gasteiger partial charge in [0.1, 0.15) is 0 Å². The third-order valence-corrected chi connectivity index (χ3v) is 4.10. The van der Waals surface area contributed by atoms with Crippen LogP contribution in [-0.4, -0.2) is 35.0 Å². The van der Waals surface area contributed by atoms with E-state index in [0.29, 0.717) is 11.4 Å². The Kier molecular flexibility index (Phi) is 4.90. The van der Waals surface area contributed by atoms with E-state index in [2.05, 4.69) is 0 Å². The Morgan fingerprint density at radius 2 is 2.06 bits per heavy atom. The van der Waals surface area contributed by atoms with Crippen LogP contribution in [0.15, 0.2) is 6.07 Å². The molecule has 1 aromatic rings. The van der Waals surface area contributed by atoms with Crippen molar-refractivity contribution in [2.24, 2.45) is 5.92 Å². The predicted octanol–water partition coefficient (Wildman–Crippen LogP) is 2.55. The summed E-state index contributed by atoms with van der Waals surface area (Å²) < 4.78 is 0. The van der Waals surface area contributed by atoms with Crippen molar-refractivity contribution in [3.8, 4) is 0 Å². The lowest BCUT2D eigenvalue weighted by Crippen LogP contribution is -2.36. The summed E-state index contributed by atoms with van der Waals surface area (Å²) in [7, 11) is 0. The summed E-state index contributed by atoms with van der Waals surface area (Å²) in [6.45, 7) is 8.20. The van der Waals surface area contributed by atoms with E-state index in [4.69, 9.17) is 5.11 Å². The van der Waals surface area contributed by atoms with E-state index in [9.17, 15) is 9.59 Å². The van der Waals surface area contributed by atoms with Crippen LogP contribution < -0.4 is 0 Å². The Hall–Kier alpha value is -1.36. The summed E-state index contributed by atoms with van der Waals surface area (Å²) in [5.41, 5.74) is 1.10. The molecule has 0 spiro atoms. The average molecular weight is 269 g/mol. The van der Waals surface area contributed by atoms with E-state index in [0.717, 1.165) is 10.4 Å². The largest absolute Gasteiger partial charge is 0.481 e. The molecule has 0 aromatic carbocycles. The smallest absolute Gasteiger partial charge is 0.308 e. The van der Waals surface area contributed by atoms with Crippen molar-refractivity contribution in [2.45, 2.75) is 27.7 Å². The minimum absolute atomic E-state index is 0.0770. The number of hydrogen-bond acceptors (Lipinski definition) is 3. The van der Waals surface area contributed by atoms with Gasteiger partial charge in [-0.05, 0) is 32.4 Å². The summed E-state index contributed by atoms with van der Waals surface area (Å²) in [4.78, 5) is 26.5. The van der Waals surface area contributed by atoms with Crippen LogP contribution in [0.3, 0.4) is 0 Å². The lowest BCUT2D eigenvalue weighted by molar-refractivity contribution is -0.141. The highest BCUT2D eigenvalue weighted by Crippen LogP contribution is 2.22. The molecular weight excluding hydrogens is 250 g/mol. The molecule has 1 heterocycles. The van der Waals surface area contributed by atoms with Crippen molar-refractivity contribution < 1.29 is 14.7 Å². The number of rotatable bonds is 5. The average Bonchev–Trinajstić information content (AvgIpc) is 2.65. The van der Waals surface area contributed by atoms with E-state index in [1.165, 1.54) is 11.3 Å². The van der Waals surface area contributed by atoms with Crippen molar-refractivity contribution in [3.63, 3.8) is 0 Å². The molecule has 1 N–H and O–H groups in total. The monoisotopic (exact) mass is 269 g/mol. The zero-order chi connectivity index (χ0) is 13.9. The Morgan fingerprint density at radius 3 is 2.44 bits per heavy atom. The van der Waals surface area contributed by atoms with Crippen LogP contribution >= 0.6 is 11.3 Å². The van der Waals surface area contributed by atoms with Crippen LogP contribution in [0.25, 0.3) is 0 Å². The van der Waals surface area contributed by atoms with Gasteiger partial charge in [0.2, 0.25) is 0 Å². The Morgan fingerprint density at radius 1 is 1.44 bits per heavy atom. The van der Waals surface area contributed by atoms with Crippen molar-refractivity contribution in [2.75, 3.05) is 13.1 Å². The quantitative estimate of drug-likeness (QED) is 0.893. The minimum Gasteiger partial charge on any atom is -0.481 e. The topological polar surface area (TPSA) is 57.6 Å². The molecule has 1 atom stereocenters. The SMILES string of the molecule is CCN(CC(C)C(=O)O)C(=O)c1cc(C)c(C)s1. The Labute approximate surface area is 111 Å². The van der Waals surface area contributed by atoms with Gasteiger partial charge in [-0.25, -0.2) is 0 Å². The van der Waals surface area contributed by atoms with Gasteiger partial charge in [0.15, 0.2) is 0 Å². The van der Waals surface area contributed by atoms with Crippen LogP contribution in [0.2, 0.25) is 0 Å². The maximum Gasteiger partial charge on any atom is 0.308 e. The van der Waals surface area contributed by atoms with Gasteiger partial charge in [-0.1, -0.05) is 6.92 Å². The Balaban J connectivity index is 2.82. The van der Waals surface area contributed by atoms with E-state index in [-0.39, 0.29) is 12.5 Å². The van der Waals surface area contributed by atoms with Gasteiger partial charge in [0.05, 0.1) is 10.8 Å². The maximum atomic E-state index is 12.2. The molecule has 18 heavy (non-hydrogen) atoms. The molecule has 0 saturated heterocycles. The number of aryl methyl sites for hydroxylation is 2. The number of amides is 1. The molecule has 0 fully saturated rings. The van der Waals surface area contributed by atoms with Gasteiger partial charge >= 0.3 is 5.97 Å². The first-order valence-corrected chi connectivity index (χ1v) is 6.77. The lowest BCUT2D eigenvalue weighted by atomic mass is 10.1. The van der Waals surface area contributed by atoms with Gasteiger partial charge in [-0.3, -0.25) is 9.59 Å². The second-order valence-electron chi connectivity index (χ2n) is 4.43. The first kappa shape index (κ1) is 14.7. The molecule has 0 bridgehead atoms. The maximum absolute atomic E-state index is 12.2. The third kappa shape index (κ3) is 3.32. The fourth-order valence-electron chi connectivity index (χ4n) is 1.60. The molecule has 5 heteroatoms. The first-order chi connectivity index (χ1) is 8.36. The van der Waals surface area contributed by atoms with E-state index < -0.39 is 11.9 Å². The molecule has 100 valence electrons. The molecule has 4 nitrogen and oxygen atoms in total. The molecule has 0 aliphatic rings. The van der Waals surface area contributed by atoms with Crippen molar-refractivity contribution in [1.82, 2.24) is 4.90 Å². The van der Waals surface area contributed by atoms with Crippen LogP contribution in [0, 0.1) is 19.8 Å². The molecule has 1 amide bonds. The highest BCUT2D eigenvalue weighted by molar-refractivity contribution is 7.14. The van der Waals surface area contributed by atoms with Gasteiger partial charge in [0, 0.05) is 18.0 Å². The van der Waals surface area contributed by atoms with Gasteiger partial charge in [-0.15, -0.1) is 11.3 Å². The van der Waals surface area contributed by atoms with E-state index in [1.54, 1.807) is 11.8 Å². The third-order valence-electron chi connectivity index (χ3n) is 2.96. The molecular formula is C13H19NO3S. The summed E-state index contributed by atoms with van der Waals surface area (Å²) in [6.07, 6.45) is 0. The van der Waals surface area contributed by atoms with Crippen molar-refractivity contribution >= 4 is 23.2 Å². The molecule has 1 rings (SSSR count). The second kappa shape index (κ2) is 6.00. The second-order valence-corrected chi connectivity index (χ2v) is 5.69. The number of thiophene rings is 1. The van der Waals surface area contributed by atoms with Gasteiger partial charge < -0.3 is 10.0 Å². The lowest BCUT2D eigenvalue weighted by Gasteiger charge is -2.22.